The quantitative estimate of drug-likeness (QED) is 0.653. The van der Waals surface area contributed by atoms with E-state index in [2.05, 4.69) is 10.2 Å². The summed E-state index contributed by atoms with van der Waals surface area (Å²) in [5, 5.41) is 6.45. The molecular weight excluding hydrogens is 264 g/mol. The van der Waals surface area contributed by atoms with Gasteiger partial charge in [-0.25, -0.2) is 0 Å². The van der Waals surface area contributed by atoms with Gasteiger partial charge in [-0.05, 0) is 42.9 Å². The molecule has 1 aromatic carbocycles. The van der Waals surface area contributed by atoms with E-state index in [-0.39, 0.29) is 10.5 Å². The molecule has 7 heteroatoms. The molecule has 0 saturated heterocycles. The van der Waals surface area contributed by atoms with Crippen LogP contribution in [0.5, 0.6) is 5.75 Å². The molecule has 0 spiro atoms. The first kappa shape index (κ1) is 13.3. The van der Waals surface area contributed by atoms with Crippen molar-refractivity contribution in [1.82, 2.24) is 14.9 Å². The fraction of sp³-hybridized carbons (Fsp3) is 0.250. The highest BCUT2D eigenvalue weighted by Crippen LogP contribution is 2.17. The molecule has 1 heterocycles. The molecule has 0 amide bonds. The van der Waals surface area contributed by atoms with Crippen molar-refractivity contribution in [2.45, 2.75) is 13.3 Å². The molecule has 2 aromatic rings. The molecule has 0 saturated carbocycles. The molecule has 100 valence electrons. The first-order valence-corrected chi connectivity index (χ1v) is 6.24. The third kappa shape index (κ3) is 2.82. The van der Waals surface area contributed by atoms with Gasteiger partial charge in [0.1, 0.15) is 5.75 Å². The summed E-state index contributed by atoms with van der Waals surface area (Å²) in [5.41, 5.74) is 0.434. The molecule has 1 aromatic heterocycles. The van der Waals surface area contributed by atoms with Gasteiger partial charge in [0.2, 0.25) is 4.77 Å². The Hall–Kier alpha value is -2.15. The molecule has 0 fully saturated rings. The van der Waals surface area contributed by atoms with E-state index in [1.54, 1.807) is 24.3 Å². The first-order chi connectivity index (χ1) is 9.13. The predicted octanol–water partition coefficient (Wildman–Crippen LogP) is 1.47. The molecule has 0 radical (unpaired) electrons. The maximum absolute atomic E-state index is 11.9. The van der Waals surface area contributed by atoms with Gasteiger partial charge in [-0.1, -0.05) is 6.92 Å². The van der Waals surface area contributed by atoms with E-state index in [1.165, 1.54) is 0 Å². The molecule has 0 aliphatic heterocycles. The van der Waals surface area contributed by atoms with Crippen molar-refractivity contribution in [3.8, 4) is 17.0 Å². The number of benzene rings is 1. The summed E-state index contributed by atoms with van der Waals surface area (Å²) in [5.74, 6) is 6.27. The van der Waals surface area contributed by atoms with Gasteiger partial charge in [0.25, 0.3) is 5.56 Å². The monoisotopic (exact) mass is 278 g/mol. The first-order valence-electron chi connectivity index (χ1n) is 5.83. The van der Waals surface area contributed by atoms with Crippen molar-refractivity contribution in [2.75, 3.05) is 12.4 Å². The Labute approximate surface area is 114 Å². The number of aromatic nitrogens is 3. The van der Waals surface area contributed by atoms with Crippen LogP contribution in [-0.2, 0) is 0 Å². The summed E-state index contributed by atoms with van der Waals surface area (Å²) < 4.78 is 6.41. The molecule has 0 aliphatic carbocycles. The minimum Gasteiger partial charge on any atom is -0.494 e. The highest BCUT2D eigenvalue weighted by Gasteiger charge is 2.08. The van der Waals surface area contributed by atoms with Gasteiger partial charge in [-0.15, -0.1) is 0 Å². The Kier molecular flexibility index (Phi) is 3.96. The molecule has 0 aliphatic rings. The van der Waals surface area contributed by atoms with Crippen LogP contribution in [0.2, 0.25) is 0 Å². The minimum absolute atomic E-state index is 0.0802. The number of aromatic amines is 1. The van der Waals surface area contributed by atoms with Crippen LogP contribution < -0.4 is 16.1 Å². The topological polar surface area (TPSA) is 85.9 Å². The maximum Gasteiger partial charge on any atom is 0.299 e. The lowest BCUT2D eigenvalue weighted by atomic mass is 10.1. The Bertz CT molecular complexity index is 675. The lowest BCUT2D eigenvalue weighted by molar-refractivity contribution is 0.317. The van der Waals surface area contributed by atoms with E-state index in [4.69, 9.17) is 22.8 Å². The Morgan fingerprint density at radius 3 is 2.74 bits per heavy atom. The second kappa shape index (κ2) is 5.66. The van der Waals surface area contributed by atoms with Gasteiger partial charge in [0, 0.05) is 5.56 Å². The van der Waals surface area contributed by atoms with Crippen molar-refractivity contribution in [2.24, 2.45) is 0 Å². The molecular formula is C12H14N4O2S. The highest BCUT2D eigenvalue weighted by atomic mass is 32.1. The number of hydrogen-bond acceptors (Lipinski definition) is 5. The van der Waals surface area contributed by atoms with E-state index >= 15 is 0 Å². The van der Waals surface area contributed by atoms with Crippen LogP contribution in [0.15, 0.2) is 29.1 Å². The van der Waals surface area contributed by atoms with Gasteiger partial charge in [-0.2, -0.15) is 9.77 Å². The van der Waals surface area contributed by atoms with Crippen LogP contribution in [0.25, 0.3) is 11.3 Å². The molecule has 0 atom stereocenters. The molecule has 0 bridgehead atoms. The van der Waals surface area contributed by atoms with Gasteiger partial charge in [0.05, 0.1) is 6.61 Å². The predicted molar refractivity (Wildman–Crippen MR) is 75.1 cm³/mol. The van der Waals surface area contributed by atoms with Crippen LogP contribution in [0.3, 0.4) is 0 Å². The normalized spacial score (nSPS) is 10.4. The SMILES string of the molecule is CCCOc1ccc(-c2n[nH]c(=S)n(N)c2=O)cc1. The summed E-state index contributed by atoms with van der Waals surface area (Å²) in [6.45, 7) is 2.69. The largest absolute Gasteiger partial charge is 0.494 e. The van der Waals surface area contributed by atoms with E-state index in [1.807, 2.05) is 6.92 Å². The van der Waals surface area contributed by atoms with Crippen LogP contribution >= 0.6 is 12.2 Å². The zero-order valence-electron chi connectivity index (χ0n) is 10.4. The van der Waals surface area contributed by atoms with Crippen LogP contribution in [0.1, 0.15) is 13.3 Å². The number of nitrogens with one attached hydrogen (secondary N) is 1. The van der Waals surface area contributed by atoms with Crippen LogP contribution in [0.4, 0.5) is 0 Å². The van der Waals surface area contributed by atoms with Crippen LogP contribution in [0, 0.1) is 4.77 Å². The van der Waals surface area contributed by atoms with E-state index in [0.29, 0.717) is 12.2 Å². The lowest BCUT2D eigenvalue weighted by Gasteiger charge is -2.06. The summed E-state index contributed by atoms with van der Waals surface area (Å²) in [4.78, 5) is 11.9. The zero-order valence-corrected chi connectivity index (χ0v) is 11.2. The van der Waals surface area contributed by atoms with Crippen molar-refractivity contribution >= 4 is 12.2 Å². The number of nitrogens with two attached hydrogens (primary N) is 1. The van der Waals surface area contributed by atoms with Crippen molar-refractivity contribution in [3.63, 3.8) is 0 Å². The minimum atomic E-state index is -0.439. The number of ether oxygens (including phenoxy) is 1. The maximum atomic E-state index is 11.9. The number of H-pyrrole nitrogens is 1. The zero-order chi connectivity index (χ0) is 13.8. The highest BCUT2D eigenvalue weighted by molar-refractivity contribution is 7.71. The average Bonchev–Trinajstić information content (AvgIpc) is 2.44. The van der Waals surface area contributed by atoms with Crippen molar-refractivity contribution in [3.05, 3.63) is 39.4 Å². The number of rotatable bonds is 4. The standard InChI is InChI=1S/C12H14N4O2S/c1-2-7-18-9-5-3-8(4-6-9)10-11(17)16(13)12(19)15-14-10/h3-6H,2,7,13H2,1H3,(H,15,19). The Balaban J connectivity index is 2.35. The van der Waals surface area contributed by atoms with Crippen molar-refractivity contribution < 1.29 is 4.74 Å². The molecule has 2 rings (SSSR count). The Morgan fingerprint density at radius 2 is 2.11 bits per heavy atom. The average molecular weight is 278 g/mol. The smallest absolute Gasteiger partial charge is 0.299 e. The summed E-state index contributed by atoms with van der Waals surface area (Å²) >= 11 is 4.82. The lowest BCUT2D eigenvalue weighted by Crippen LogP contribution is -2.30. The fourth-order valence-electron chi connectivity index (χ4n) is 1.53. The van der Waals surface area contributed by atoms with Gasteiger partial charge >= 0.3 is 0 Å². The Morgan fingerprint density at radius 1 is 1.42 bits per heavy atom. The van der Waals surface area contributed by atoms with Crippen LogP contribution in [-0.4, -0.2) is 21.5 Å². The number of nitrogen functional groups attached to an aromatic ring is 1. The number of nitrogens with zero attached hydrogens (tertiary/aromatic N) is 2. The fourth-order valence-corrected chi connectivity index (χ4v) is 1.66. The van der Waals surface area contributed by atoms with Gasteiger partial charge in [0.15, 0.2) is 5.69 Å². The number of hydrogen-bond donors (Lipinski definition) is 2. The molecule has 3 N–H and O–H groups in total. The molecule has 0 unspecified atom stereocenters. The van der Waals surface area contributed by atoms with E-state index < -0.39 is 5.56 Å². The third-order valence-electron chi connectivity index (χ3n) is 2.50. The summed E-state index contributed by atoms with van der Waals surface area (Å²) in [7, 11) is 0. The second-order valence-corrected chi connectivity index (χ2v) is 4.31. The van der Waals surface area contributed by atoms with E-state index in [0.717, 1.165) is 16.8 Å². The summed E-state index contributed by atoms with van der Waals surface area (Å²) in [6.07, 6.45) is 0.941. The van der Waals surface area contributed by atoms with Gasteiger partial charge < -0.3 is 10.6 Å². The summed E-state index contributed by atoms with van der Waals surface area (Å²) in [6, 6.07) is 7.08. The second-order valence-electron chi connectivity index (χ2n) is 3.93. The van der Waals surface area contributed by atoms with Gasteiger partial charge in [-0.3, -0.25) is 9.89 Å². The molecule has 6 nitrogen and oxygen atoms in total. The third-order valence-corrected chi connectivity index (χ3v) is 2.79. The molecule has 19 heavy (non-hydrogen) atoms. The van der Waals surface area contributed by atoms with E-state index in [9.17, 15) is 4.79 Å². The van der Waals surface area contributed by atoms with Crippen molar-refractivity contribution in [1.29, 1.82) is 0 Å².